The van der Waals surface area contributed by atoms with Gasteiger partial charge in [0.25, 0.3) is 0 Å². The molecular formula is C46H39N11O8S. The zero-order chi connectivity index (χ0) is 45.5. The number of carbonyl (C=O) groups excluding carboxylic acids is 3. The molecule has 2 aliphatic heterocycles. The highest BCUT2D eigenvalue weighted by molar-refractivity contribution is 7.80. The first-order chi connectivity index (χ1) is 32.0. The number of fused-ring (bicyclic) bond motifs is 9. The van der Waals surface area contributed by atoms with Crippen molar-refractivity contribution in [3.63, 3.8) is 0 Å². The van der Waals surface area contributed by atoms with E-state index in [4.69, 9.17) is 26.1 Å². The van der Waals surface area contributed by atoms with Crippen LogP contribution in [0.5, 0.6) is 23.0 Å². The Balaban J connectivity index is 0.663. The lowest BCUT2D eigenvalue weighted by molar-refractivity contribution is -0.120. The van der Waals surface area contributed by atoms with Crippen molar-refractivity contribution in [2.75, 3.05) is 29.0 Å². The zero-order valence-electron chi connectivity index (χ0n) is 35.0. The summed E-state index contributed by atoms with van der Waals surface area (Å²) in [4.78, 5) is 48.3. The highest BCUT2D eigenvalue weighted by Crippen LogP contribution is 2.57. The first kappa shape index (κ1) is 41.5. The van der Waals surface area contributed by atoms with Crippen molar-refractivity contribution in [3.8, 4) is 34.6 Å². The molecule has 4 aromatic heterocycles. The number of urea groups is 1. The Hall–Kier alpha value is -8.52. The van der Waals surface area contributed by atoms with Gasteiger partial charge in [0, 0.05) is 66.5 Å². The second kappa shape index (κ2) is 16.9. The average molecular weight is 906 g/mol. The van der Waals surface area contributed by atoms with Gasteiger partial charge in [-0.1, -0.05) is 18.2 Å². The summed E-state index contributed by atoms with van der Waals surface area (Å²) >= 11 is 5.54. The van der Waals surface area contributed by atoms with Gasteiger partial charge in [0.1, 0.15) is 23.0 Å². The Morgan fingerprint density at radius 1 is 0.788 bits per heavy atom. The molecule has 8 aromatic rings. The number of nitrogens with zero attached hydrogens (tertiary/aromatic N) is 6. The molecule has 10 rings (SSSR count). The first-order valence-electron chi connectivity index (χ1n) is 20.9. The second-order valence-corrected chi connectivity index (χ2v) is 16.1. The molecule has 0 saturated heterocycles. The van der Waals surface area contributed by atoms with Crippen LogP contribution < -0.4 is 31.3 Å². The summed E-state index contributed by atoms with van der Waals surface area (Å²) in [7, 11) is 1.76. The number of unbranched alkanes of at least 4 members (excludes halogenated alkanes) is 2. The van der Waals surface area contributed by atoms with Crippen LogP contribution in [0.25, 0.3) is 28.3 Å². The second-order valence-electron chi connectivity index (χ2n) is 15.7. The number of hydrogen-bond acceptors (Lipinski definition) is 13. The van der Waals surface area contributed by atoms with Crippen molar-refractivity contribution in [1.82, 2.24) is 40.0 Å². The van der Waals surface area contributed by atoms with Crippen molar-refractivity contribution < 1.29 is 38.5 Å². The Bertz CT molecular complexity index is 3170. The SMILES string of the molecule is Cn1cc2c(nc(NC(=O)Nc3ccc(CC(=O)NCCCCCNC(=S)Nc4ccc5c(c4)C(=O)OC54c5ccc(O)cc5Oc5cc(O)ccc54)cc3)n3nc(-c4ccco4)nc23)n1. The number of ether oxygens (including phenoxy) is 2. The van der Waals surface area contributed by atoms with E-state index in [0.29, 0.717) is 91.6 Å². The molecule has 0 radical (unpaired) electrons. The molecule has 0 atom stereocenters. The van der Waals surface area contributed by atoms with Gasteiger partial charge >= 0.3 is 12.0 Å². The van der Waals surface area contributed by atoms with Gasteiger partial charge in [-0.05, 0) is 97.7 Å². The van der Waals surface area contributed by atoms with Crippen LogP contribution in [0.15, 0.2) is 108 Å². The number of amides is 3. The minimum atomic E-state index is -1.35. The maximum Gasteiger partial charge on any atom is 0.340 e. The normalized spacial score (nSPS) is 13.1. The topological polar surface area (TPSA) is 244 Å². The molecule has 7 N–H and O–H groups in total. The van der Waals surface area contributed by atoms with Gasteiger partial charge in [0.15, 0.2) is 27.8 Å². The Morgan fingerprint density at radius 2 is 1.50 bits per heavy atom. The van der Waals surface area contributed by atoms with E-state index < -0.39 is 17.6 Å². The Kier molecular flexibility index (Phi) is 10.6. The number of phenolic OH excluding ortho intramolecular Hbond substituents is 2. The van der Waals surface area contributed by atoms with E-state index in [2.05, 4.69) is 46.7 Å². The molecule has 1 spiro atoms. The fraction of sp³-hybridized carbons (Fsp3) is 0.174. The summed E-state index contributed by atoms with van der Waals surface area (Å²) in [5.41, 5.74) is 3.37. The van der Waals surface area contributed by atoms with Gasteiger partial charge in [0.2, 0.25) is 17.7 Å². The van der Waals surface area contributed by atoms with Gasteiger partial charge in [-0.15, -0.1) is 5.10 Å². The predicted molar refractivity (Wildman–Crippen MR) is 245 cm³/mol. The zero-order valence-corrected chi connectivity index (χ0v) is 35.8. The number of hydrogen-bond donors (Lipinski definition) is 7. The smallest absolute Gasteiger partial charge is 0.340 e. The van der Waals surface area contributed by atoms with Crippen LogP contribution in [0.4, 0.5) is 22.1 Å². The fourth-order valence-electron chi connectivity index (χ4n) is 8.12. The number of carbonyl (C=O) groups is 3. The number of aromatic hydroxyl groups is 2. The quantitative estimate of drug-likeness (QED) is 0.0383. The highest BCUT2D eigenvalue weighted by atomic mass is 32.1. The van der Waals surface area contributed by atoms with Crippen LogP contribution in [-0.2, 0) is 28.6 Å². The minimum Gasteiger partial charge on any atom is -0.508 e. The van der Waals surface area contributed by atoms with Gasteiger partial charge in [-0.25, -0.2) is 14.6 Å². The summed E-state index contributed by atoms with van der Waals surface area (Å²) in [6.45, 7) is 1.10. The maximum atomic E-state index is 13.4. The lowest BCUT2D eigenvalue weighted by Gasteiger charge is -2.36. The van der Waals surface area contributed by atoms with Gasteiger partial charge in [-0.3, -0.25) is 14.8 Å². The number of furan rings is 1. The maximum absolute atomic E-state index is 13.4. The first-order valence-corrected chi connectivity index (χ1v) is 21.3. The largest absolute Gasteiger partial charge is 0.508 e. The van der Waals surface area contributed by atoms with Crippen LogP contribution in [0.1, 0.15) is 51.9 Å². The molecule has 0 bridgehead atoms. The van der Waals surface area contributed by atoms with E-state index in [9.17, 15) is 24.6 Å². The summed E-state index contributed by atoms with van der Waals surface area (Å²) in [6, 6.07) is 24.4. The lowest BCUT2D eigenvalue weighted by Crippen LogP contribution is -2.33. The van der Waals surface area contributed by atoms with Gasteiger partial charge in [-0.2, -0.15) is 14.6 Å². The number of aryl methyl sites for hydroxylation is 1. The third-order valence-electron chi connectivity index (χ3n) is 11.1. The van der Waals surface area contributed by atoms with E-state index in [1.807, 2.05) is 0 Å². The van der Waals surface area contributed by atoms with Gasteiger partial charge in [0.05, 0.1) is 23.6 Å². The van der Waals surface area contributed by atoms with Crippen molar-refractivity contribution in [1.29, 1.82) is 0 Å². The van der Waals surface area contributed by atoms with Crippen LogP contribution in [0.3, 0.4) is 0 Å². The van der Waals surface area contributed by atoms with Crippen molar-refractivity contribution in [3.05, 3.63) is 131 Å². The Labute approximate surface area is 379 Å². The van der Waals surface area contributed by atoms with E-state index in [0.717, 1.165) is 24.8 Å². The monoisotopic (exact) mass is 905 g/mol. The molecule has 4 aromatic carbocycles. The molecule has 0 aliphatic carbocycles. The van der Waals surface area contributed by atoms with Crippen molar-refractivity contribution in [2.24, 2.45) is 7.05 Å². The van der Waals surface area contributed by atoms with E-state index >= 15 is 0 Å². The van der Waals surface area contributed by atoms with Crippen LogP contribution in [0.2, 0.25) is 0 Å². The third kappa shape index (κ3) is 7.89. The minimum absolute atomic E-state index is 0.0206. The Morgan fingerprint density at radius 3 is 2.23 bits per heavy atom. The number of benzene rings is 4. The molecule has 6 heterocycles. The summed E-state index contributed by atoms with van der Waals surface area (Å²) in [5, 5.41) is 45.1. The lowest BCUT2D eigenvalue weighted by atomic mass is 9.77. The predicted octanol–water partition coefficient (Wildman–Crippen LogP) is 6.71. The molecule has 332 valence electrons. The number of thiocarbonyl (C=S) groups is 1. The van der Waals surface area contributed by atoms with Crippen LogP contribution in [0, 0.1) is 0 Å². The van der Waals surface area contributed by atoms with E-state index in [-0.39, 0.29) is 29.8 Å². The van der Waals surface area contributed by atoms with Crippen molar-refractivity contribution in [2.45, 2.75) is 31.3 Å². The molecule has 66 heavy (non-hydrogen) atoms. The standard InChI is InChI=1S/C46H39N11O8S/c1-56-24-31-39(54-56)52-43(57-41(31)51-40(55-57)35-6-5-19-63-35)53-44(62)49-26-9-7-25(8-10-26)20-38(60)47-17-3-2-4-18-48-45(66)50-27-11-14-32-30(21-27)42(61)65-46(32)33-15-12-28(58)22-36(33)64-37-23-29(59)13-16-34(37)46/h5-16,19,21-24,58-59H,2-4,17-18,20H2,1H3,(H,47,60)(H2,48,50,66)(H2,49,52,53,54,62). The van der Waals surface area contributed by atoms with E-state index in [1.165, 1.54) is 35.0 Å². The number of esters is 1. The molecule has 19 nitrogen and oxygen atoms in total. The summed E-state index contributed by atoms with van der Waals surface area (Å²) in [5.74, 6) is 0.809. The fourth-order valence-corrected chi connectivity index (χ4v) is 8.34. The number of nitrogens with one attached hydrogen (secondary N) is 5. The third-order valence-corrected chi connectivity index (χ3v) is 11.4. The summed E-state index contributed by atoms with van der Waals surface area (Å²) in [6.07, 6.45) is 5.88. The number of phenols is 2. The number of anilines is 3. The molecule has 0 saturated carbocycles. The van der Waals surface area contributed by atoms with E-state index in [1.54, 1.807) is 84.7 Å². The van der Waals surface area contributed by atoms with Gasteiger partial charge < -0.3 is 45.4 Å². The highest BCUT2D eigenvalue weighted by Gasteiger charge is 2.53. The number of aromatic nitrogens is 6. The molecular weight excluding hydrogens is 867 g/mol. The molecule has 0 fully saturated rings. The molecule has 0 unspecified atom stereocenters. The van der Waals surface area contributed by atoms with Crippen LogP contribution >= 0.6 is 12.2 Å². The molecule has 2 aliphatic rings. The molecule has 20 heteroatoms. The van der Waals surface area contributed by atoms with Crippen LogP contribution in [-0.4, -0.2) is 75.7 Å². The average Bonchev–Trinajstić information content (AvgIpc) is 4.10. The number of rotatable bonds is 12. The van der Waals surface area contributed by atoms with Crippen molar-refractivity contribution >= 4 is 69.2 Å². The molecule has 3 amide bonds. The summed E-state index contributed by atoms with van der Waals surface area (Å²) < 4.78 is 20.7.